The van der Waals surface area contributed by atoms with Gasteiger partial charge in [-0.15, -0.1) is 0 Å². The van der Waals surface area contributed by atoms with Gasteiger partial charge in [-0.05, 0) is 32.4 Å². The van der Waals surface area contributed by atoms with Crippen molar-refractivity contribution in [2.75, 3.05) is 13.2 Å². The summed E-state index contributed by atoms with van der Waals surface area (Å²) >= 11 is 0. The second-order valence-electron chi connectivity index (χ2n) is 4.87. The number of ketones is 2. The van der Waals surface area contributed by atoms with Crippen LogP contribution >= 0.6 is 0 Å². The van der Waals surface area contributed by atoms with Crippen molar-refractivity contribution >= 4 is 11.6 Å². The smallest absolute Gasteiger partial charge is 0.174 e. The maximum Gasteiger partial charge on any atom is 0.174 e. The number of para-hydroxylation sites is 1. The van der Waals surface area contributed by atoms with E-state index in [4.69, 9.17) is 9.47 Å². The highest BCUT2D eigenvalue weighted by atomic mass is 16.5. The maximum atomic E-state index is 12.4. The predicted octanol–water partition coefficient (Wildman–Crippen LogP) is 3.67. The first-order chi connectivity index (χ1) is 10.0. The molecule has 0 aliphatic rings. The lowest BCUT2D eigenvalue weighted by atomic mass is 9.96. The first-order valence-corrected chi connectivity index (χ1v) is 7.49. The van der Waals surface area contributed by atoms with Crippen LogP contribution in [0.25, 0.3) is 0 Å². The molecule has 0 heterocycles. The van der Waals surface area contributed by atoms with E-state index in [-0.39, 0.29) is 23.9 Å². The van der Waals surface area contributed by atoms with Crippen LogP contribution in [0.5, 0.6) is 11.5 Å². The minimum Gasteiger partial charge on any atom is -0.490 e. The van der Waals surface area contributed by atoms with Crippen molar-refractivity contribution < 1.29 is 19.1 Å². The molecular formula is C17H24O4. The third-order valence-corrected chi connectivity index (χ3v) is 3.36. The van der Waals surface area contributed by atoms with E-state index in [2.05, 4.69) is 0 Å². The Labute approximate surface area is 126 Å². The molecule has 0 fully saturated rings. The number of hydrogen-bond acceptors (Lipinski definition) is 4. The summed E-state index contributed by atoms with van der Waals surface area (Å²) in [5, 5.41) is 0. The molecule has 4 nitrogen and oxygen atoms in total. The van der Waals surface area contributed by atoms with Crippen LogP contribution in [-0.4, -0.2) is 24.8 Å². The van der Waals surface area contributed by atoms with E-state index < -0.39 is 0 Å². The van der Waals surface area contributed by atoms with Gasteiger partial charge in [0.15, 0.2) is 17.3 Å². The van der Waals surface area contributed by atoms with Crippen LogP contribution in [0.2, 0.25) is 0 Å². The van der Waals surface area contributed by atoms with Gasteiger partial charge in [-0.25, -0.2) is 0 Å². The summed E-state index contributed by atoms with van der Waals surface area (Å²) in [5.41, 5.74) is 0.416. The number of carbonyl (C=O) groups is 2. The third kappa shape index (κ3) is 4.59. The zero-order valence-corrected chi connectivity index (χ0v) is 13.3. The Hall–Kier alpha value is -1.84. The summed E-state index contributed by atoms with van der Waals surface area (Å²) in [6.07, 6.45) is 0.647. The van der Waals surface area contributed by atoms with Crippen molar-refractivity contribution in [1.29, 1.82) is 0 Å². The van der Waals surface area contributed by atoms with Gasteiger partial charge in [0.1, 0.15) is 5.78 Å². The monoisotopic (exact) mass is 292 g/mol. The molecule has 0 amide bonds. The molecule has 0 aliphatic carbocycles. The highest BCUT2D eigenvalue weighted by molar-refractivity contribution is 6.10. The molecule has 1 unspecified atom stereocenters. The first-order valence-electron chi connectivity index (χ1n) is 7.49. The summed E-state index contributed by atoms with van der Waals surface area (Å²) in [5.74, 6) is 0.627. The fraction of sp³-hybridized carbons (Fsp3) is 0.529. The van der Waals surface area contributed by atoms with E-state index in [1.807, 2.05) is 27.7 Å². The zero-order valence-electron chi connectivity index (χ0n) is 13.3. The number of carbonyl (C=O) groups excluding carboxylic acids is 2. The average molecular weight is 292 g/mol. The van der Waals surface area contributed by atoms with E-state index in [9.17, 15) is 9.59 Å². The van der Waals surface area contributed by atoms with Crippen LogP contribution in [0, 0.1) is 5.92 Å². The molecule has 21 heavy (non-hydrogen) atoms. The fourth-order valence-corrected chi connectivity index (χ4v) is 1.95. The Morgan fingerprint density at radius 1 is 1.10 bits per heavy atom. The topological polar surface area (TPSA) is 52.6 Å². The van der Waals surface area contributed by atoms with Crippen LogP contribution in [0.3, 0.4) is 0 Å². The van der Waals surface area contributed by atoms with E-state index in [1.54, 1.807) is 18.2 Å². The second kappa shape index (κ2) is 8.45. The van der Waals surface area contributed by atoms with E-state index in [1.165, 1.54) is 0 Å². The van der Waals surface area contributed by atoms with Gasteiger partial charge in [0.2, 0.25) is 0 Å². The normalized spacial score (nSPS) is 11.8. The number of Topliss-reactive ketones (excluding diaryl/α,β-unsaturated/α-hetero) is 2. The fourth-order valence-electron chi connectivity index (χ4n) is 1.95. The average Bonchev–Trinajstić information content (AvgIpc) is 2.48. The lowest BCUT2D eigenvalue weighted by molar-refractivity contribution is -0.121. The van der Waals surface area contributed by atoms with Gasteiger partial charge in [-0.1, -0.05) is 19.9 Å². The van der Waals surface area contributed by atoms with Crippen LogP contribution in [0.4, 0.5) is 0 Å². The van der Waals surface area contributed by atoms with Gasteiger partial charge in [0.05, 0.1) is 25.2 Å². The molecule has 0 aromatic heterocycles. The number of benzene rings is 1. The van der Waals surface area contributed by atoms with Gasteiger partial charge in [-0.2, -0.15) is 0 Å². The molecule has 0 bridgehead atoms. The molecule has 116 valence electrons. The largest absolute Gasteiger partial charge is 0.490 e. The molecule has 1 aromatic rings. The molecule has 4 heteroatoms. The molecule has 1 atom stereocenters. The Morgan fingerprint density at radius 3 is 2.33 bits per heavy atom. The van der Waals surface area contributed by atoms with Gasteiger partial charge in [-0.3, -0.25) is 9.59 Å². The standard InChI is InChI=1S/C17H24O4/c1-5-12(4)14(18)11-15(19)13-9-8-10-16(20-6-2)17(13)21-7-3/h8-10,12H,5-7,11H2,1-4H3. The zero-order chi connectivity index (χ0) is 15.8. The molecule has 0 spiro atoms. The van der Waals surface area contributed by atoms with Crippen molar-refractivity contribution in [3.8, 4) is 11.5 Å². The molecule has 0 saturated carbocycles. The summed E-state index contributed by atoms with van der Waals surface area (Å²) < 4.78 is 11.0. The molecule has 0 N–H and O–H groups in total. The molecule has 0 radical (unpaired) electrons. The van der Waals surface area contributed by atoms with Crippen molar-refractivity contribution in [2.45, 2.75) is 40.5 Å². The first kappa shape index (κ1) is 17.2. The molecule has 1 aromatic carbocycles. The van der Waals surface area contributed by atoms with Crippen molar-refractivity contribution in [2.24, 2.45) is 5.92 Å². The van der Waals surface area contributed by atoms with E-state index in [0.717, 1.165) is 6.42 Å². The minimum absolute atomic E-state index is 0.0354. The van der Waals surface area contributed by atoms with Gasteiger partial charge in [0, 0.05) is 5.92 Å². The van der Waals surface area contributed by atoms with E-state index >= 15 is 0 Å². The predicted molar refractivity (Wildman–Crippen MR) is 82.2 cm³/mol. The minimum atomic E-state index is -0.217. The molecule has 0 aliphatic heterocycles. The van der Waals surface area contributed by atoms with Crippen LogP contribution in [-0.2, 0) is 4.79 Å². The Kier molecular flexibility index (Phi) is 6.92. The summed E-state index contributed by atoms with van der Waals surface area (Å²) in [6, 6.07) is 5.19. The highest BCUT2D eigenvalue weighted by Crippen LogP contribution is 2.32. The second-order valence-corrected chi connectivity index (χ2v) is 4.87. The van der Waals surface area contributed by atoms with Gasteiger partial charge < -0.3 is 9.47 Å². The highest BCUT2D eigenvalue weighted by Gasteiger charge is 2.21. The molecular weight excluding hydrogens is 268 g/mol. The van der Waals surface area contributed by atoms with Gasteiger partial charge in [0.25, 0.3) is 0 Å². The summed E-state index contributed by atoms with van der Waals surface area (Å²) in [4.78, 5) is 24.3. The molecule has 1 rings (SSSR count). The lowest BCUT2D eigenvalue weighted by Gasteiger charge is -2.14. The Balaban J connectivity index is 3.02. The van der Waals surface area contributed by atoms with Gasteiger partial charge >= 0.3 is 0 Å². The van der Waals surface area contributed by atoms with Crippen LogP contribution in [0.1, 0.15) is 50.9 Å². The van der Waals surface area contributed by atoms with Crippen molar-refractivity contribution in [3.63, 3.8) is 0 Å². The van der Waals surface area contributed by atoms with Crippen molar-refractivity contribution in [1.82, 2.24) is 0 Å². The number of hydrogen-bond donors (Lipinski definition) is 0. The SMILES string of the molecule is CCOc1cccc(C(=O)CC(=O)C(C)CC)c1OCC. The number of ether oxygens (including phenoxy) is 2. The van der Waals surface area contributed by atoms with Crippen LogP contribution < -0.4 is 9.47 Å². The van der Waals surface area contributed by atoms with Crippen LogP contribution in [0.15, 0.2) is 18.2 Å². The Bertz CT molecular complexity index is 494. The maximum absolute atomic E-state index is 12.4. The van der Waals surface area contributed by atoms with E-state index in [0.29, 0.717) is 30.3 Å². The lowest BCUT2D eigenvalue weighted by Crippen LogP contribution is -2.16. The van der Waals surface area contributed by atoms with Crippen molar-refractivity contribution in [3.05, 3.63) is 23.8 Å². The summed E-state index contributed by atoms with van der Waals surface area (Å²) in [7, 11) is 0. The quantitative estimate of drug-likeness (QED) is 0.514. The Morgan fingerprint density at radius 2 is 1.76 bits per heavy atom. The number of rotatable bonds is 9. The third-order valence-electron chi connectivity index (χ3n) is 3.36. The summed E-state index contributed by atoms with van der Waals surface area (Å²) in [6.45, 7) is 8.43. The molecule has 0 saturated heterocycles.